The van der Waals surface area contributed by atoms with Crippen LogP contribution >= 0.6 is 0 Å². The molecule has 0 fully saturated rings. The molecule has 0 atom stereocenters. The number of anilines is 1. The Morgan fingerprint density at radius 1 is 1.12 bits per heavy atom. The molecule has 8 heteroatoms. The zero-order valence-electron chi connectivity index (χ0n) is 18.1. The lowest BCUT2D eigenvalue weighted by molar-refractivity contribution is 0.0601. The van der Waals surface area contributed by atoms with Crippen LogP contribution in [0, 0.1) is 0 Å². The number of fused-ring (bicyclic) bond motifs is 1. The first-order valence-corrected chi connectivity index (χ1v) is 10.1. The van der Waals surface area contributed by atoms with Crippen molar-refractivity contribution in [1.82, 2.24) is 9.55 Å². The number of nitrogens with zero attached hydrogens (tertiary/aromatic N) is 3. The molecule has 8 nitrogen and oxygen atoms in total. The van der Waals surface area contributed by atoms with E-state index in [4.69, 9.17) is 18.9 Å². The third-order valence-corrected chi connectivity index (χ3v) is 5.18. The third kappa shape index (κ3) is 3.94. The maximum Gasteiger partial charge on any atom is 0.337 e. The smallest absolute Gasteiger partial charge is 0.337 e. The van der Waals surface area contributed by atoms with Gasteiger partial charge in [-0.15, -0.1) is 0 Å². The normalized spacial score (nSPS) is 10.8. The fraction of sp³-hybridized carbons (Fsp3) is 0.208. The number of aromatic nitrogens is 2. The minimum absolute atomic E-state index is 0.257. The van der Waals surface area contributed by atoms with Crippen molar-refractivity contribution in [1.29, 1.82) is 0 Å². The Balaban J connectivity index is 1.97. The quantitative estimate of drug-likeness (QED) is 0.410. The zero-order chi connectivity index (χ0) is 22.7. The predicted molar refractivity (Wildman–Crippen MR) is 121 cm³/mol. The molecule has 0 amide bonds. The van der Waals surface area contributed by atoms with Gasteiger partial charge in [-0.1, -0.05) is 6.07 Å². The second-order valence-corrected chi connectivity index (χ2v) is 7.07. The van der Waals surface area contributed by atoms with Gasteiger partial charge in [0, 0.05) is 12.6 Å². The van der Waals surface area contributed by atoms with Crippen LogP contribution in [0.25, 0.3) is 16.6 Å². The number of hydrogen-bond acceptors (Lipinski definition) is 7. The van der Waals surface area contributed by atoms with Crippen LogP contribution in [0.3, 0.4) is 0 Å². The Morgan fingerprint density at radius 2 is 1.97 bits per heavy atom. The molecule has 0 aliphatic carbocycles. The number of hydrogen-bond donors (Lipinski definition) is 0. The summed E-state index contributed by atoms with van der Waals surface area (Å²) in [6, 6.07) is 15.6. The summed E-state index contributed by atoms with van der Waals surface area (Å²) in [6.45, 7) is 2.96. The van der Waals surface area contributed by atoms with E-state index in [0.717, 1.165) is 5.76 Å². The summed E-state index contributed by atoms with van der Waals surface area (Å²) >= 11 is 0. The molecule has 2 aromatic heterocycles. The van der Waals surface area contributed by atoms with Crippen LogP contribution in [-0.2, 0) is 11.3 Å². The number of rotatable bonds is 7. The van der Waals surface area contributed by atoms with E-state index >= 15 is 0 Å². The van der Waals surface area contributed by atoms with Crippen LogP contribution in [0.2, 0.25) is 0 Å². The first-order valence-electron chi connectivity index (χ1n) is 10.1. The lowest BCUT2D eigenvalue weighted by atomic mass is 10.1. The maximum atomic E-state index is 13.6. The molecule has 32 heavy (non-hydrogen) atoms. The summed E-state index contributed by atoms with van der Waals surface area (Å²) in [6.07, 6.45) is 1.61. The van der Waals surface area contributed by atoms with Crippen LogP contribution in [0.5, 0.6) is 5.75 Å². The first-order chi connectivity index (χ1) is 15.5. The van der Waals surface area contributed by atoms with Crippen molar-refractivity contribution in [2.75, 3.05) is 25.7 Å². The van der Waals surface area contributed by atoms with Crippen molar-refractivity contribution in [3.63, 3.8) is 0 Å². The number of furan rings is 1. The second-order valence-electron chi connectivity index (χ2n) is 7.07. The van der Waals surface area contributed by atoms with Crippen LogP contribution < -0.4 is 15.2 Å². The number of ether oxygens (including phenoxy) is 2. The number of carbonyl (C=O) groups excluding carboxylic acids is 1. The van der Waals surface area contributed by atoms with Gasteiger partial charge in [-0.25, -0.2) is 14.3 Å². The fourth-order valence-corrected chi connectivity index (χ4v) is 3.53. The molecule has 0 unspecified atom stereocenters. The third-order valence-electron chi connectivity index (χ3n) is 5.18. The molecule has 0 spiro atoms. The number of esters is 1. The topological polar surface area (TPSA) is 86.8 Å². The molecule has 2 aromatic carbocycles. The monoisotopic (exact) mass is 433 g/mol. The highest BCUT2D eigenvalue weighted by Gasteiger charge is 2.20. The summed E-state index contributed by atoms with van der Waals surface area (Å²) in [5, 5.41) is 0.387. The minimum atomic E-state index is -0.491. The molecular weight excluding hydrogens is 410 g/mol. The molecule has 0 N–H and O–H groups in total. The first kappa shape index (κ1) is 21.2. The van der Waals surface area contributed by atoms with Gasteiger partial charge in [-0.3, -0.25) is 4.79 Å². The molecular formula is C24H23N3O5. The van der Waals surface area contributed by atoms with Crippen molar-refractivity contribution < 1.29 is 18.7 Å². The Hall–Kier alpha value is -4.07. The summed E-state index contributed by atoms with van der Waals surface area (Å²) < 4.78 is 17.2. The summed E-state index contributed by atoms with van der Waals surface area (Å²) in [4.78, 5) is 32.4. The maximum absolute atomic E-state index is 13.6. The fourth-order valence-electron chi connectivity index (χ4n) is 3.53. The second kappa shape index (κ2) is 8.97. The van der Waals surface area contributed by atoms with Gasteiger partial charge < -0.3 is 18.8 Å². The van der Waals surface area contributed by atoms with Crippen molar-refractivity contribution in [2.45, 2.75) is 13.5 Å². The molecule has 0 saturated heterocycles. The Morgan fingerprint density at radius 3 is 2.66 bits per heavy atom. The number of benzene rings is 2. The van der Waals surface area contributed by atoms with Gasteiger partial charge in [-0.2, -0.15) is 0 Å². The van der Waals surface area contributed by atoms with E-state index in [1.807, 2.05) is 42.2 Å². The molecule has 0 aliphatic heterocycles. The number of methoxy groups -OCH3 is 2. The zero-order valence-corrected chi connectivity index (χ0v) is 18.1. The van der Waals surface area contributed by atoms with E-state index in [2.05, 4.69) is 0 Å². The molecule has 0 radical (unpaired) electrons. The van der Waals surface area contributed by atoms with Crippen molar-refractivity contribution >= 4 is 22.8 Å². The van der Waals surface area contributed by atoms with Gasteiger partial charge in [0.15, 0.2) is 0 Å². The van der Waals surface area contributed by atoms with E-state index in [0.29, 0.717) is 46.9 Å². The van der Waals surface area contributed by atoms with E-state index < -0.39 is 5.97 Å². The Labute approximate surface area is 184 Å². The largest absolute Gasteiger partial charge is 0.497 e. The highest BCUT2D eigenvalue weighted by atomic mass is 16.5. The van der Waals surface area contributed by atoms with Crippen LogP contribution in [0.15, 0.2) is 70.1 Å². The lowest BCUT2D eigenvalue weighted by Gasteiger charge is -2.25. The summed E-state index contributed by atoms with van der Waals surface area (Å²) in [5.41, 5.74) is 1.09. The lowest BCUT2D eigenvalue weighted by Crippen LogP contribution is -2.32. The van der Waals surface area contributed by atoms with Gasteiger partial charge in [-0.05, 0) is 49.4 Å². The molecule has 4 rings (SSSR count). The molecule has 2 heterocycles. The predicted octanol–water partition coefficient (Wildman–Crippen LogP) is 3.80. The van der Waals surface area contributed by atoms with Crippen molar-refractivity contribution in [3.05, 3.63) is 82.5 Å². The van der Waals surface area contributed by atoms with Gasteiger partial charge in [0.05, 0.1) is 49.2 Å². The Kier molecular flexibility index (Phi) is 5.93. The van der Waals surface area contributed by atoms with E-state index in [-0.39, 0.29) is 5.56 Å². The van der Waals surface area contributed by atoms with Crippen LogP contribution in [-0.4, -0.2) is 36.3 Å². The van der Waals surface area contributed by atoms with E-state index in [1.165, 1.54) is 7.11 Å². The average molecular weight is 433 g/mol. The molecule has 4 aromatic rings. The van der Waals surface area contributed by atoms with Gasteiger partial charge >= 0.3 is 5.97 Å². The highest BCUT2D eigenvalue weighted by molar-refractivity contribution is 5.94. The number of carbonyl (C=O) groups is 1. The minimum Gasteiger partial charge on any atom is -0.497 e. The van der Waals surface area contributed by atoms with Crippen LogP contribution in [0.1, 0.15) is 23.0 Å². The molecule has 0 bridgehead atoms. The van der Waals surface area contributed by atoms with Gasteiger partial charge in [0.25, 0.3) is 5.56 Å². The van der Waals surface area contributed by atoms with E-state index in [9.17, 15) is 9.59 Å². The van der Waals surface area contributed by atoms with E-state index in [1.54, 1.807) is 42.2 Å². The van der Waals surface area contributed by atoms with Crippen LogP contribution in [0.4, 0.5) is 5.95 Å². The Bertz CT molecular complexity index is 1310. The molecule has 164 valence electrons. The van der Waals surface area contributed by atoms with Crippen molar-refractivity contribution in [3.8, 4) is 11.4 Å². The summed E-state index contributed by atoms with van der Waals surface area (Å²) in [5.74, 6) is 1.30. The molecule has 0 aliphatic rings. The SMILES string of the molecule is CCN(Cc1ccco1)c1nc2cc(C(=O)OC)ccc2c(=O)n1-c1cccc(OC)c1. The highest BCUT2D eigenvalue weighted by Crippen LogP contribution is 2.24. The van der Waals surface area contributed by atoms with Crippen molar-refractivity contribution in [2.24, 2.45) is 0 Å². The average Bonchev–Trinajstić information content (AvgIpc) is 3.34. The molecule has 0 saturated carbocycles. The van der Waals surface area contributed by atoms with Gasteiger partial charge in [0.2, 0.25) is 5.95 Å². The standard InChI is InChI=1S/C24H23N3O5/c1-4-26(15-19-9-6-12-32-19)24-25-21-13-16(23(29)31-3)10-11-20(21)22(28)27(24)17-7-5-8-18(14-17)30-2/h5-14H,4,15H2,1-3H3. The summed E-state index contributed by atoms with van der Waals surface area (Å²) in [7, 11) is 2.89. The van der Waals surface area contributed by atoms with Gasteiger partial charge in [0.1, 0.15) is 11.5 Å².